The van der Waals surface area contributed by atoms with Crippen LogP contribution in [0.25, 0.3) is 5.52 Å². The minimum absolute atomic E-state index is 0.213. The Morgan fingerprint density at radius 1 is 1.53 bits per heavy atom. The van der Waals surface area contributed by atoms with E-state index >= 15 is 0 Å². The fourth-order valence-electron chi connectivity index (χ4n) is 2.09. The first kappa shape index (κ1) is 10.7. The molecule has 7 heteroatoms. The summed E-state index contributed by atoms with van der Waals surface area (Å²) in [7, 11) is 0. The van der Waals surface area contributed by atoms with Crippen molar-refractivity contribution in [3.05, 3.63) is 17.2 Å². The number of imidazole rings is 1. The quantitative estimate of drug-likeness (QED) is 0.828. The number of halogens is 1. The van der Waals surface area contributed by atoms with E-state index in [2.05, 4.69) is 15.1 Å². The molecule has 2 aromatic heterocycles. The first-order chi connectivity index (χ1) is 8.25. The van der Waals surface area contributed by atoms with Gasteiger partial charge in [-0.3, -0.25) is 0 Å². The topological polar surface area (TPSA) is 78.3 Å². The van der Waals surface area contributed by atoms with Gasteiger partial charge in [-0.15, -0.1) is 5.10 Å². The van der Waals surface area contributed by atoms with Gasteiger partial charge in [0.05, 0.1) is 12.8 Å². The molecule has 0 aromatic carbocycles. The molecule has 1 unspecified atom stereocenters. The maximum atomic E-state index is 6.06. The van der Waals surface area contributed by atoms with Crippen LogP contribution in [0.15, 0.2) is 6.20 Å². The molecule has 1 fully saturated rings. The second-order valence-electron chi connectivity index (χ2n) is 4.09. The summed E-state index contributed by atoms with van der Waals surface area (Å²) in [5.41, 5.74) is 6.27. The number of nitrogens with two attached hydrogens (primary N) is 1. The molecule has 90 valence electrons. The molecular weight excluding hydrogens is 242 g/mol. The Bertz CT molecular complexity index is 549. The van der Waals surface area contributed by atoms with Gasteiger partial charge in [-0.1, -0.05) is 11.6 Å². The first-order valence-electron chi connectivity index (χ1n) is 5.50. The fraction of sp³-hybridized carbons (Fsp3) is 0.500. The summed E-state index contributed by atoms with van der Waals surface area (Å²) < 4.78 is 7.12. The Labute approximate surface area is 103 Å². The molecule has 6 nitrogen and oxygen atoms in total. The van der Waals surface area contributed by atoms with Gasteiger partial charge in [0, 0.05) is 12.5 Å². The van der Waals surface area contributed by atoms with Crippen molar-refractivity contribution >= 4 is 23.1 Å². The second kappa shape index (κ2) is 4.12. The third-order valence-corrected chi connectivity index (χ3v) is 3.19. The van der Waals surface area contributed by atoms with Gasteiger partial charge in [-0.05, 0) is 12.8 Å². The molecule has 0 saturated carbocycles. The van der Waals surface area contributed by atoms with E-state index in [1.54, 1.807) is 10.7 Å². The van der Waals surface area contributed by atoms with Crippen molar-refractivity contribution in [2.75, 3.05) is 18.9 Å². The van der Waals surface area contributed by atoms with E-state index in [4.69, 9.17) is 22.1 Å². The molecule has 0 bridgehead atoms. The standard InChI is InChI=1S/C10H12ClN5O/c11-8-7-4-13-10(12)15-16(7)9(14-8)6-2-1-3-17-5-6/h4,6H,1-3,5H2,(H2,12,15). The monoisotopic (exact) mass is 253 g/mol. The molecule has 1 aliphatic heterocycles. The number of rotatable bonds is 1. The van der Waals surface area contributed by atoms with Crippen molar-refractivity contribution in [2.45, 2.75) is 18.8 Å². The minimum Gasteiger partial charge on any atom is -0.381 e. The molecule has 1 saturated heterocycles. The number of fused-ring (bicyclic) bond motifs is 1. The zero-order chi connectivity index (χ0) is 11.8. The van der Waals surface area contributed by atoms with Crippen LogP contribution >= 0.6 is 11.6 Å². The van der Waals surface area contributed by atoms with Gasteiger partial charge in [-0.25, -0.2) is 14.5 Å². The second-order valence-corrected chi connectivity index (χ2v) is 4.45. The Morgan fingerprint density at radius 3 is 3.18 bits per heavy atom. The Hall–Kier alpha value is -1.40. The highest BCUT2D eigenvalue weighted by Gasteiger charge is 2.23. The number of hydrogen-bond acceptors (Lipinski definition) is 5. The van der Waals surface area contributed by atoms with Crippen LogP contribution in [0.4, 0.5) is 5.95 Å². The van der Waals surface area contributed by atoms with E-state index in [1.165, 1.54) is 0 Å². The summed E-state index contributed by atoms with van der Waals surface area (Å²) in [5, 5.41) is 4.56. The Kier molecular flexibility index (Phi) is 2.60. The zero-order valence-electron chi connectivity index (χ0n) is 9.14. The Morgan fingerprint density at radius 2 is 2.41 bits per heavy atom. The van der Waals surface area contributed by atoms with E-state index in [-0.39, 0.29) is 11.9 Å². The molecule has 0 radical (unpaired) electrons. The van der Waals surface area contributed by atoms with Crippen LogP contribution in [0.1, 0.15) is 24.6 Å². The van der Waals surface area contributed by atoms with Gasteiger partial charge in [0.2, 0.25) is 5.95 Å². The van der Waals surface area contributed by atoms with Crippen LogP contribution < -0.4 is 5.73 Å². The van der Waals surface area contributed by atoms with Crippen molar-refractivity contribution in [2.24, 2.45) is 0 Å². The van der Waals surface area contributed by atoms with Gasteiger partial charge < -0.3 is 10.5 Å². The highest BCUT2D eigenvalue weighted by molar-refractivity contribution is 6.32. The average Bonchev–Trinajstić information content (AvgIpc) is 2.67. The third-order valence-electron chi connectivity index (χ3n) is 2.92. The summed E-state index contributed by atoms with van der Waals surface area (Å²) in [6.45, 7) is 1.46. The van der Waals surface area contributed by atoms with E-state index in [0.29, 0.717) is 17.3 Å². The molecule has 1 atom stereocenters. The number of anilines is 1. The van der Waals surface area contributed by atoms with Gasteiger partial charge >= 0.3 is 0 Å². The number of hydrogen-bond donors (Lipinski definition) is 1. The van der Waals surface area contributed by atoms with Crippen LogP contribution in [0.2, 0.25) is 5.15 Å². The lowest BCUT2D eigenvalue weighted by molar-refractivity contribution is 0.0776. The highest BCUT2D eigenvalue weighted by atomic mass is 35.5. The summed E-state index contributed by atoms with van der Waals surface area (Å²) >= 11 is 6.06. The lowest BCUT2D eigenvalue weighted by Crippen LogP contribution is -2.18. The maximum absolute atomic E-state index is 6.06. The number of nitrogen functional groups attached to an aromatic ring is 1. The largest absolute Gasteiger partial charge is 0.381 e. The number of aromatic nitrogens is 4. The lowest BCUT2D eigenvalue weighted by Gasteiger charge is -2.20. The van der Waals surface area contributed by atoms with Crippen LogP contribution in [-0.2, 0) is 4.74 Å². The van der Waals surface area contributed by atoms with E-state index < -0.39 is 0 Å². The van der Waals surface area contributed by atoms with Crippen molar-refractivity contribution in [3.63, 3.8) is 0 Å². The molecule has 3 rings (SSSR count). The lowest BCUT2D eigenvalue weighted by atomic mass is 10.0. The van der Waals surface area contributed by atoms with E-state index in [1.807, 2.05) is 0 Å². The molecule has 2 N–H and O–H groups in total. The predicted octanol–water partition coefficient (Wildman–Crippen LogP) is 1.25. The van der Waals surface area contributed by atoms with Crippen LogP contribution in [0.5, 0.6) is 0 Å². The molecule has 2 aromatic rings. The van der Waals surface area contributed by atoms with E-state index in [9.17, 15) is 0 Å². The van der Waals surface area contributed by atoms with Gasteiger partial charge in [0.25, 0.3) is 0 Å². The summed E-state index contributed by atoms with van der Waals surface area (Å²) in [5.74, 6) is 1.24. The SMILES string of the molecule is Nc1ncc2c(Cl)nc(C3CCCOC3)n2n1. The maximum Gasteiger partial charge on any atom is 0.238 e. The van der Waals surface area contributed by atoms with Crippen LogP contribution in [0, 0.1) is 0 Å². The smallest absolute Gasteiger partial charge is 0.238 e. The van der Waals surface area contributed by atoms with Crippen molar-refractivity contribution < 1.29 is 4.74 Å². The minimum atomic E-state index is 0.213. The van der Waals surface area contributed by atoms with Crippen molar-refractivity contribution in [1.29, 1.82) is 0 Å². The number of ether oxygens (including phenoxy) is 1. The average molecular weight is 254 g/mol. The first-order valence-corrected chi connectivity index (χ1v) is 5.88. The molecular formula is C10H12ClN5O. The summed E-state index contributed by atoms with van der Waals surface area (Å²) in [6, 6.07) is 0. The molecule has 1 aliphatic rings. The molecule has 0 spiro atoms. The zero-order valence-corrected chi connectivity index (χ0v) is 9.89. The highest BCUT2D eigenvalue weighted by Crippen LogP contribution is 2.27. The third kappa shape index (κ3) is 1.83. The Balaban J connectivity index is 2.11. The normalized spacial score (nSPS) is 20.9. The van der Waals surface area contributed by atoms with Gasteiger partial charge in [0.1, 0.15) is 11.3 Å². The van der Waals surface area contributed by atoms with E-state index in [0.717, 1.165) is 25.3 Å². The molecule has 0 aliphatic carbocycles. The number of nitrogens with zero attached hydrogens (tertiary/aromatic N) is 4. The van der Waals surface area contributed by atoms with Crippen LogP contribution in [-0.4, -0.2) is 32.8 Å². The van der Waals surface area contributed by atoms with Crippen LogP contribution in [0.3, 0.4) is 0 Å². The molecule has 0 amide bonds. The predicted molar refractivity (Wildman–Crippen MR) is 63.0 cm³/mol. The molecule has 3 heterocycles. The van der Waals surface area contributed by atoms with Gasteiger partial charge in [0.15, 0.2) is 5.15 Å². The van der Waals surface area contributed by atoms with Gasteiger partial charge in [-0.2, -0.15) is 0 Å². The summed E-state index contributed by atoms with van der Waals surface area (Å²) in [4.78, 5) is 8.26. The van der Waals surface area contributed by atoms with Crippen molar-refractivity contribution in [1.82, 2.24) is 19.6 Å². The van der Waals surface area contributed by atoms with Crippen molar-refractivity contribution in [3.8, 4) is 0 Å². The molecule has 17 heavy (non-hydrogen) atoms. The fourth-order valence-corrected chi connectivity index (χ4v) is 2.31. The summed E-state index contributed by atoms with van der Waals surface area (Å²) in [6.07, 6.45) is 3.64.